The molecule has 1 aromatic carbocycles. The van der Waals surface area contributed by atoms with Crippen molar-refractivity contribution in [2.75, 3.05) is 0 Å². The van der Waals surface area contributed by atoms with Crippen LogP contribution in [0, 0.1) is 0 Å². The van der Waals surface area contributed by atoms with E-state index in [2.05, 4.69) is 6.92 Å². The van der Waals surface area contributed by atoms with Gasteiger partial charge in [-0.3, -0.25) is 0 Å². The molecule has 0 saturated heterocycles. The lowest BCUT2D eigenvalue weighted by Gasteiger charge is -2.12. The van der Waals surface area contributed by atoms with Crippen LogP contribution in [0.2, 0.25) is 0 Å². The molecular weight excluding hydrogens is 241 g/mol. The van der Waals surface area contributed by atoms with E-state index in [-0.39, 0.29) is 6.42 Å². The molecule has 1 aromatic rings. The van der Waals surface area contributed by atoms with Crippen LogP contribution in [0.25, 0.3) is 0 Å². The monoisotopic (exact) mass is 260 g/mol. The number of rotatable bonds is 6. The number of alkyl halides is 3. The van der Waals surface area contributed by atoms with Gasteiger partial charge < -0.3 is 5.11 Å². The Labute approximate surface area is 106 Å². The SMILES string of the molecule is CCCCCC(O)Cc1cccc(C(F)(F)F)c1. The van der Waals surface area contributed by atoms with Gasteiger partial charge in [0.15, 0.2) is 0 Å². The van der Waals surface area contributed by atoms with Crippen molar-refractivity contribution in [3.63, 3.8) is 0 Å². The van der Waals surface area contributed by atoms with Gasteiger partial charge in [-0.25, -0.2) is 0 Å². The van der Waals surface area contributed by atoms with E-state index < -0.39 is 17.8 Å². The summed E-state index contributed by atoms with van der Waals surface area (Å²) in [5, 5.41) is 9.74. The van der Waals surface area contributed by atoms with Gasteiger partial charge in [-0.1, -0.05) is 44.4 Å². The fraction of sp³-hybridized carbons (Fsp3) is 0.571. The van der Waals surface area contributed by atoms with Gasteiger partial charge in [0.2, 0.25) is 0 Å². The Bertz CT molecular complexity index is 360. The van der Waals surface area contributed by atoms with Gasteiger partial charge in [0.25, 0.3) is 0 Å². The second-order valence-electron chi connectivity index (χ2n) is 4.55. The van der Waals surface area contributed by atoms with Gasteiger partial charge in [-0.2, -0.15) is 13.2 Å². The van der Waals surface area contributed by atoms with Crippen molar-refractivity contribution in [3.8, 4) is 0 Å². The first-order valence-electron chi connectivity index (χ1n) is 6.27. The summed E-state index contributed by atoms with van der Waals surface area (Å²) in [7, 11) is 0. The zero-order chi connectivity index (χ0) is 13.6. The Morgan fingerprint density at radius 2 is 1.94 bits per heavy atom. The van der Waals surface area contributed by atoms with Crippen LogP contribution in [-0.2, 0) is 12.6 Å². The molecule has 0 aromatic heterocycles. The number of aliphatic hydroxyl groups excluding tert-OH is 1. The second-order valence-corrected chi connectivity index (χ2v) is 4.55. The third-order valence-corrected chi connectivity index (χ3v) is 2.87. The zero-order valence-electron chi connectivity index (χ0n) is 10.5. The van der Waals surface area contributed by atoms with Gasteiger partial charge in [-0.05, 0) is 24.5 Å². The average Bonchev–Trinajstić information content (AvgIpc) is 2.28. The van der Waals surface area contributed by atoms with Crippen LogP contribution in [0.3, 0.4) is 0 Å². The van der Waals surface area contributed by atoms with E-state index in [9.17, 15) is 18.3 Å². The molecule has 18 heavy (non-hydrogen) atoms. The average molecular weight is 260 g/mol. The predicted octanol–water partition coefficient (Wildman–Crippen LogP) is 4.19. The number of hydrogen-bond acceptors (Lipinski definition) is 1. The largest absolute Gasteiger partial charge is 0.416 e. The number of hydrogen-bond donors (Lipinski definition) is 1. The molecule has 1 unspecified atom stereocenters. The summed E-state index contributed by atoms with van der Waals surface area (Å²) in [6.07, 6.45) is -0.923. The first-order valence-corrected chi connectivity index (χ1v) is 6.27. The van der Waals surface area contributed by atoms with Crippen LogP contribution in [0.5, 0.6) is 0 Å². The molecule has 0 radical (unpaired) electrons. The summed E-state index contributed by atoms with van der Waals surface area (Å²) in [5.74, 6) is 0. The van der Waals surface area contributed by atoms with E-state index in [0.29, 0.717) is 12.0 Å². The Morgan fingerprint density at radius 1 is 1.22 bits per heavy atom. The van der Waals surface area contributed by atoms with E-state index in [1.807, 2.05) is 0 Å². The normalized spacial score (nSPS) is 13.6. The van der Waals surface area contributed by atoms with Crippen molar-refractivity contribution in [1.82, 2.24) is 0 Å². The van der Waals surface area contributed by atoms with Crippen molar-refractivity contribution in [2.24, 2.45) is 0 Å². The molecule has 1 rings (SSSR count). The maximum atomic E-state index is 12.5. The van der Waals surface area contributed by atoms with Crippen LogP contribution < -0.4 is 0 Å². The quantitative estimate of drug-likeness (QED) is 0.760. The lowest BCUT2D eigenvalue weighted by atomic mass is 10.0. The van der Waals surface area contributed by atoms with E-state index in [1.54, 1.807) is 6.07 Å². The Balaban J connectivity index is 2.57. The first kappa shape index (κ1) is 15.0. The van der Waals surface area contributed by atoms with Crippen molar-refractivity contribution < 1.29 is 18.3 Å². The van der Waals surface area contributed by atoms with Gasteiger partial charge in [0.1, 0.15) is 0 Å². The van der Waals surface area contributed by atoms with Crippen LogP contribution in [0.15, 0.2) is 24.3 Å². The zero-order valence-corrected chi connectivity index (χ0v) is 10.5. The van der Waals surface area contributed by atoms with E-state index in [1.165, 1.54) is 6.07 Å². The highest BCUT2D eigenvalue weighted by Crippen LogP contribution is 2.29. The second kappa shape index (κ2) is 6.78. The molecule has 1 nitrogen and oxygen atoms in total. The molecule has 1 atom stereocenters. The number of aliphatic hydroxyl groups is 1. The minimum absolute atomic E-state index is 0.285. The third-order valence-electron chi connectivity index (χ3n) is 2.87. The summed E-state index contributed by atoms with van der Waals surface area (Å²) < 4.78 is 37.5. The lowest BCUT2D eigenvalue weighted by molar-refractivity contribution is -0.137. The van der Waals surface area contributed by atoms with Crippen molar-refractivity contribution in [1.29, 1.82) is 0 Å². The molecule has 0 aliphatic carbocycles. The maximum Gasteiger partial charge on any atom is 0.416 e. The summed E-state index contributed by atoms with van der Waals surface area (Å²) in [5.41, 5.74) is -0.116. The van der Waals surface area contributed by atoms with Gasteiger partial charge in [0, 0.05) is 0 Å². The Hall–Kier alpha value is -1.03. The third kappa shape index (κ3) is 5.08. The van der Waals surface area contributed by atoms with Crippen molar-refractivity contribution >= 4 is 0 Å². The molecule has 0 amide bonds. The highest BCUT2D eigenvalue weighted by Gasteiger charge is 2.30. The number of halogens is 3. The fourth-order valence-corrected chi connectivity index (χ4v) is 1.88. The van der Waals surface area contributed by atoms with Crippen LogP contribution in [0.4, 0.5) is 13.2 Å². The van der Waals surface area contributed by atoms with Gasteiger partial charge >= 0.3 is 6.18 Å². The van der Waals surface area contributed by atoms with Crippen LogP contribution >= 0.6 is 0 Å². The lowest BCUT2D eigenvalue weighted by Crippen LogP contribution is -2.11. The minimum Gasteiger partial charge on any atom is -0.393 e. The molecule has 0 fully saturated rings. The summed E-state index contributed by atoms with van der Waals surface area (Å²) in [4.78, 5) is 0. The molecule has 0 bridgehead atoms. The smallest absolute Gasteiger partial charge is 0.393 e. The van der Waals surface area contributed by atoms with Crippen LogP contribution in [0.1, 0.15) is 43.7 Å². The Morgan fingerprint density at radius 3 is 2.56 bits per heavy atom. The molecule has 4 heteroatoms. The summed E-state index contributed by atoms with van der Waals surface area (Å²) >= 11 is 0. The van der Waals surface area contributed by atoms with Crippen LogP contribution in [-0.4, -0.2) is 11.2 Å². The van der Waals surface area contributed by atoms with E-state index in [0.717, 1.165) is 31.4 Å². The number of unbranched alkanes of at least 4 members (excludes halogenated alkanes) is 2. The molecule has 0 aliphatic heterocycles. The summed E-state index contributed by atoms with van der Waals surface area (Å²) in [6, 6.07) is 5.17. The highest BCUT2D eigenvalue weighted by molar-refractivity contribution is 5.26. The summed E-state index contributed by atoms with van der Waals surface area (Å²) in [6.45, 7) is 2.07. The Kier molecular flexibility index (Phi) is 5.66. The maximum absolute atomic E-state index is 12.5. The molecule has 0 saturated carbocycles. The van der Waals surface area contributed by atoms with Crippen molar-refractivity contribution in [3.05, 3.63) is 35.4 Å². The molecule has 0 heterocycles. The minimum atomic E-state index is -4.32. The molecule has 102 valence electrons. The van der Waals surface area contributed by atoms with E-state index >= 15 is 0 Å². The van der Waals surface area contributed by atoms with E-state index in [4.69, 9.17) is 0 Å². The molecular formula is C14H19F3O. The van der Waals surface area contributed by atoms with Gasteiger partial charge in [-0.15, -0.1) is 0 Å². The topological polar surface area (TPSA) is 20.2 Å². The number of benzene rings is 1. The fourth-order valence-electron chi connectivity index (χ4n) is 1.88. The first-order chi connectivity index (χ1) is 8.43. The highest BCUT2D eigenvalue weighted by atomic mass is 19.4. The molecule has 0 aliphatic rings. The molecule has 0 spiro atoms. The standard InChI is InChI=1S/C14H19F3O/c1-2-3-4-8-13(18)10-11-6-5-7-12(9-11)14(15,16)17/h5-7,9,13,18H,2-4,8,10H2,1H3. The predicted molar refractivity (Wildman–Crippen MR) is 65.3 cm³/mol. The molecule has 1 N–H and O–H groups in total. The van der Waals surface area contributed by atoms with Gasteiger partial charge in [0.05, 0.1) is 11.7 Å². The van der Waals surface area contributed by atoms with Crippen molar-refractivity contribution in [2.45, 2.75) is 51.3 Å².